The SMILES string of the molecule is O=C(Nc1ccccc1C(=O)OCc1nnc(-c2ccc(Cl)cc2)o1)c1ccco1. The van der Waals surface area contributed by atoms with Crippen molar-refractivity contribution in [3.63, 3.8) is 0 Å². The van der Waals surface area contributed by atoms with Gasteiger partial charge in [-0.3, -0.25) is 4.79 Å². The highest BCUT2D eigenvalue weighted by molar-refractivity contribution is 6.30. The molecule has 0 atom stereocenters. The molecule has 0 spiro atoms. The molecule has 9 heteroatoms. The Morgan fingerprint density at radius 1 is 1.00 bits per heavy atom. The number of esters is 1. The Hall–Kier alpha value is -3.91. The number of halogens is 1. The van der Waals surface area contributed by atoms with Crippen LogP contribution in [0.4, 0.5) is 5.69 Å². The third kappa shape index (κ3) is 4.39. The minimum atomic E-state index is -0.656. The summed E-state index contributed by atoms with van der Waals surface area (Å²) in [7, 11) is 0. The number of hydrogen-bond acceptors (Lipinski definition) is 7. The first-order valence-electron chi connectivity index (χ1n) is 8.79. The maximum Gasteiger partial charge on any atom is 0.340 e. The average Bonchev–Trinajstić information content (AvgIpc) is 3.45. The highest BCUT2D eigenvalue weighted by atomic mass is 35.5. The molecule has 0 unspecified atom stereocenters. The molecular weight excluding hydrogens is 410 g/mol. The topological polar surface area (TPSA) is 107 Å². The van der Waals surface area contributed by atoms with Crippen LogP contribution in [0.3, 0.4) is 0 Å². The number of para-hydroxylation sites is 1. The smallest absolute Gasteiger partial charge is 0.340 e. The molecule has 0 aliphatic carbocycles. The summed E-state index contributed by atoms with van der Waals surface area (Å²) >= 11 is 5.86. The van der Waals surface area contributed by atoms with Crippen LogP contribution in [0.2, 0.25) is 5.02 Å². The number of furan rings is 1. The Labute approximate surface area is 175 Å². The zero-order chi connectivity index (χ0) is 20.9. The van der Waals surface area contributed by atoms with Gasteiger partial charge in [-0.15, -0.1) is 10.2 Å². The number of aromatic nitrogens is 2. The van der Waals surface area contributed by atoms with Gasteiger partial charge < -0.3 is 18.9 Å². The molecule has 1 amide bonds. The summed E-state index contributed by atoms with van der Waals surface area (Å²) in [5.41, 5.74) is 1.15. The van der Waals surface area contributed by atoms with Gasteiger partial charge in [-0.05, 0) is 48.5 Å². The number of hydrogen-bond donors (Lipinski definition) is 1. The van der Waals surface area contributed by atoms with Crippen LogP contribution in [-0.2, 0) is 11.3 Å². The van der Waals surface area contributed by atoms with E-state index in [9.17, 15) is 9.59 Å². The molecule has 150 valence electrons. The van der Waals surface area contributed by atoms with Crippen LogP contribution in [0.5, 0.6) is 0 Å². The van der Waals surface area contributed by atoms with E-state index in [1.165, 1.54) is 18.4 Å². The largest absolute Gasteiger partial charge is 0.459 e. The van der Waals surface area contributed by atoms with E-state index < -0.39 is 11.9 Å². The van der Waals surface area contributed by atoms with E-state index in [2.05, 4.69) is 15.5 Å². The summed E-state index contributed by atoms with van der Waals surface area (Å²) in [5, 5.41) is 11.0. The van der Waals surface area contributed by atoms with Crippen LogP contribution < -0.4 is 5.32 Å². The number of carbonyl (C=O) groups is 2. The van der Waals surface area contributed by atoms with Crippen LogP contribution in [0.15, 0.2) is 75.8 Å². The number of anilines is 1. The summed E-state index contributed by atoms with van der Waals surface area (Å²) < 4.78 is 15.8. The van der Waals surface area contributed by atoms with Crippen molar-refractivity contribution in [2.45, 2.75) is 6.61 Å². The first-order valence-corrected chi connectivity index (χ1v) is 9.17. The second kappa shape index (κ2) is 8.62. The average molecular weight is 424 g/mol. The van der Waals surface area contributed by atoms with Crippen molar-refractivity contribution in [3.8, 4) is 11.5 Å². The minimum Gasteiger partial charge on any atom is -0.459 e. The number of benzene rings is 2. The first kappa shape index (κ1) is 19.4. The second-order valence-electron chi connectivity index (χ2n) is 6.06. The Balaban J connectivity index is 1.42. The van der Waals surface area contributed by atoms with Crippen molar-refractivity contribution in [3.05, 3.63) is 89.2 Å². The predicted molar refractivity (Wildman–Crippen MR) is 107 cm³/mol. The van der Waals surface area contributed by atoms with Crippen molar-refractivity contribution in [2.24, 2.45) is 0 Å². The van der Waals surface area contributed by atoms with Gasteiger partial charge in [0, 0.05) is 10.6 Å². The summed E-state index contributed by atoms with van der Waals surface area (Å²) in [5.74, 6) is -0.602. The molecular formula is C21H14ClN3O5. The van der Waals surface area contributed by atoms with Crippen molar-refractivity contribution in [2.75, 3.05) is 5.32 Å². The quantitative estimate of drug-likeness (QED) is 0.452. The monoisotopic (exact) mass is 423 g/mol. The maximum absolute atomic E-state index is 12.5. The molecule has 0 aliphatic heterocycles. The third-order valence-electron chi connectivity index (χ3n) is 4.02. The fourth-order valence-corrected chi connectivity index (χ4v) is 2.71. The van der Waals surface area contributed by atoms with Crippen LogP contribution in [-0.4, -0.2) is 22.1 Å². The lowest BCUT2D eigenvalue weighted by molar-refractivity contribution is 0.0440. The molecule has 2 aromatic heterocycles. The van der Waals surface area contributed by atoms with Crippen molar-refractivity contribution in [1.29, 1.82) is 0 Å². The minimum absolute atomic E-state index is 0.124. The number of amides is 1. The van der Waals surface area contributed by atoms with Crippen molar-refractivity contribution < 1.29 is 23.2 Å². The molecule has 2 aromatic carbocycles. The molecule has 4 aromatic rings. The van der Waals surface area contributed by atoms with Crippen LogP contribution >= 0.6 is 11.6 Å². The molecule has 0 saturated heterocycles. The van der Waals surface area contributed by atoms with Crippen LogP contribution in [0.1, 0.15) is 26.8 Å². The van der Waals surface area contributed by atoms with Gasteiger partial charge >= 0.3 is 5.97 Å². The summed E-state index contributed by atoms with van der Waals surface area (Å²) in [6.45, 7) is -0.222. The zero-order valence-electron chi connectivity index (χ0n) is 15.4. The highest BCUT2D eigenvalue weighted by Gasteiger charge is 2.18. The molecule has 8 nitrogen and oxygen atoms in total. The van der Waals surface area contributed by atoms with Crippen molar-refractivity contribution in [1.82, 2.24) is 10.2 Å². The van der Waals surface area contributed by atoms with E-state index in [0.29, 0.717) is 10.6 Å². The summed E-state index contributed by atoms with van der Waals surface area (Å²) in [4.78, 5) is 24.7. The second-order valence-corrected chi connectivity index (χ2v) is 6.50. The highest BCUT2D eigenvalue weighted by Crippen LogP contribution is 2.21. The van der Waals surface area contributed by atoms with Gasteiger partial charge in [-0.2, -0.15) is 0 Å². The molecule has 1 N–H and O–H groups in total. The molecule has 0 bridgehead atoms. The molecule has 0 aliphatic rings. The maximum atomic E-state index is 12.5. The van der Waals surface area contributed by atoms with Gasteiger partial charge in [0.2, 0.25) is 5.89 Å². The van der Waals surface area contributed by atoms with Gasteiger partial charge in [0.15, 0.2) is 12.4 Å². The van der Waals surface area contributed by atoms with E-state index in [1.807, 2.05) is 0 Å². The fourth-order valence-electron chi connectivity index (χ4n) is 2.59. The Morgan fingerprint density at radius 2 is 1.80 bits per heavy atom. The van der Waals surface area contributed by atoms with Crippen LogP contribution in [0, 0.1) is 0 Å². The molecule has 0 fully saturated rings. The van der Waals surface area contributed by atoms with E-state index in [4.69, 9.17) is 25.2 Å². The summed E-state index contributed by atoms with van der Waals surface area (Å²) in [6.07, 6.45) is 1.39. The van der Waals surface area contributed by atoms with Gasteiger partial charge in [0.25, 0.3) is 11.8 Å². The standard InChI is InChI=1S/C21H14ClN3O5/c22-14-9-7-13(8-10-14)20-25-24-18(30-20)12-29-21(27)15-4-1-2-5-16(15)23-19(26)17-6-3-11-28-17/h1-11H,12H2,(H,23,26). The Kier molecular flexibility index (Phi) is 5.58. The van der Waals surface area contributed by atoms with Gasteiger partial charge in [-0.1, -0.05) is 23.7 Å². The van der Waals surface area contributed by atoms with E-state index in [-0.39, 0.29) is 35.4 Å². The number of nitrogens with zero attached hydrogens (tertiary/aromatic N) is 2. The number of rotatable bonds is 6. The lowest BCUT2D eigenvalue weighted by atomic mass is 10.1. The Morgan fingerprint density at radius 3 is 2.57 bits per heavy atom. The van der Waals surface area contributed by atoms with E-state index in [0.717, 1.165) is 0 Å². The molecule has 0 saturated carbocycles. The number of nitrogens with one attached hydrogen (secondary N) is 1. The number of carbonyl (C=O) groups excluding carboxylic acids is 2. The van der Waals surface area contributed by atoms with E-state index >= 15 is 0 Å². The molecule has 2 heterocycles. The lowest BCUT2D eigenvalue weighted by Crippen LogP contribution is -2.15. The van der Waals surface area contributed by atoms with Gasteiger partial charge in [-0.25, -0.2) is 4.79 Å². The van der Waals surface area contributed by atoms with Crippen molar-refractivity contribution >= 4 is 29.2 Å². The molecule has 0 radical (unpaired) electrons. The Bertz CT molecular complexity index is 1170. The normalized spacial score (nSPS) is 10.6. The first-order chi connectivity index (χ1) is 14.6. The van der Waals surface area contributed by atoms with Crippen LogP contribution in [0.25, 0.3) is 11.5 Å². The fraction of sp³-hybridized carbons (Fsp3) is 0.0476. The lowest BCUT2D eigenvalue weighted by Gasteiger charge is -2.09. The van der Waals surface area contributed by atoms with Gasteiger partial charge in [0.05, 0.1) is 17.5 Å². The molecule has 4 rings (SSSR count). The number of ether oxygens (including phenoxy) is 1. The third-order valence-corrected chi connectivity index (χ3v) is 4.28. The summed E-state index contributed by atoms with van der Waals surface area (Å²) in [6, 6.07) is 16.5. The molecule has 30 heavy (non-hydrogen) atoms. The zero-order valence-corrected chi connectivity index (χ0v) is 16.1. The van der Waals surface area contributed by atoms with E-state index in [1.54, 1.807) is 48.5 Å². The van der Waals surface area contributed by atoms with Gasteiger partial charge in [0.1, 0.15) is 0 Å². The predicted octanol–water partition coefficient (Wildman–Crippen LogP) is 4.59.